The van der Waals surface area contributed by atoms with Crippen molar-refractivity contribution in [3.8, 4) is 0 Å². The van der Waals surface area contributed by atoms with Gasteiger partial charge in [-0.05, 0) is 56.1 Å². The van der Waals surface area contributed by atoms with Crippen LogP contribution in [0.2, 0.25) is 0 Å². The van der Waals surface area contributed by atoms with Crippen molar-refractivity contribution in [2.75, 3.05) is 17.2 Å². The van der Waals surface area contributed by atoms with E-state index >= 15 is 0 Å². The molecule has 0 unspecified atom stereocenters. The van der Waals surface area contributed by atoms with Gasteiger partial charge in [-0.2, -0.15) is 0 Å². The predicted octanol–water partition coefficient (Wildman–Crippen LogP) is 3.68. The maximum atomic E-state index is 14.8. The van der Waals surface area contributed by atoms with Crippen LogP contribution in [0.15, 0.2) is 36.4 Å². The number of nitrogens with one attached hydrogen (secondary N) is 4. The number of urea groups is 1. The van der Waals surface area contributed by atoms with Gasteiger partial charge in [0.25, 0.3) is 5.91 Å². The SMILES string of the molecule is CC(C)NC(=O)Nc1ccccc1C(=O)Nc1ccc2c(c1F)CCNC2.Cl. The average Bonchev–Trinajstić information content (AvgIpc) is 2.64. The number of carbonyl (C=O) groups excluding carboxylic acids is 2. The molecular weight excluding hydrogens is 383 g/mol. The van der Waals surface area contributed by atoms with Gasteiger partial charge in [-0.25, -0.2) is 9.18 Å². The zero-order valence-corrected chi connectivity index (χ0v) is 16.6. The van der Waals surface area contributed by atoms with E-state index in [0.29, 0.717) is 30.8 Å². The normalized spacial score (nSPS) is 12.6. The Labute approximate surface area is 169 Å². The lowest BCUT2D eigenvalue weighted by atomic mass is 9.99. The minimum Gasteiger partial charge on any atom is -0.336 e. The molecule has 0 aliphatic carbocycles. The lowest BCUT2D eigenvalue weighted by molar-refractivity contribution is 0.102. The fourth-order valence-corrected chi connectivity index (χ4v) is 3.03. The van der Waals surface area contributed by atoms with Crippen LogP contribution in [0.3, 0.4) is 0 Å². The summed E-state index contributed by atoms with van der Waals surface area (Å²) in [6.45, 7) is 5.01. The number of hydrogen-bond donors (Lipinski definition) is 4. The number of fused-ring (bicyclic) bond motifs is 1. The molecule has 0 radical (unpaired) electrons. The monoisotopic (exact) mass is 406 g/mol. The van der Waals surface area contributed by atoms with Crippen molar-refractivity contribution in [2.45, 2.75) is 32.9 Å². The van der Waals surface area contributed by atoms with Crippen molar-refractivity contribution < 1.29 is 14.0 Å². The third kappa shape index (κ3) is 4.99. The Morgan fingerprint density at radius 1 is 1.07 bits per heavy atom. The highest BCUT2D eigenvalue weighted by molar-refractivity contribution is 6.10. The minimum absolute atomic E-state index is 0. The number of anilines is 2. The standard InChI is InChI=1S/C20H23FN4O2.ClH/c1-12(2)23-20(27)25-16-6-4-3-5-15(16)19(26)24-17-8-7-13-11-22-10-9-14(13)18(17)21;/h3-8,12,22H,9-11H2,1-2H3,(H,24,26)(H2,23,25,27);1H. The second kappa shape index (κ2) is 9.52. The highest BCUT2D eigenvalue weighted by Gasteiger charge is 2.19. The number of hydrogen-bond acceptors (Lipinski definition) is 3. The van der Waals surface area contributed by atoms with Gasteiger partial charge in [0.1, 0.15) is 5.82 Å². The number of benzene rings is 2. The molecule has 4 N–H and O–H groups in total. The zero-order valence-electron chi connectivity index (χ0n) is 15.8. The molecule has 2 aromatic carbocycles. The van der Waals surface area contributed by atoms with Crippen LogP contribution in [0.25, 0.3) is 0 Å². The lowest BCUT2D eigenvalue weighted by Gasteiger charge is -2.19. The second-order valence-electron chi connectivity index (χ2n) is 6.74. The van der Waals surface area contributed by atoms with Gasteiger partial charge in [0.05, 0.1) is 16.9 Å². The summed E-state index contributed by atoms with van der Waals surface area (Å²) in [6, 6.07) is 9.57. The smallest absolute Gasteiger partial charge is 0.319 e. The molecule has 8 heteroatoms. The molecule has 3 rings (SSSR count). The molecule has 3 amide bonds. The fourth-order valence-electron chi connectivity index (χ4n) is 3.03. The Balaban J connectivity index is 0.00000280. The van der Waals surface area contributed by atoms with Crippen molar-refractivity contribution in [3.05, 3.63) is 58.9 Å². The zero-order chi connectivity index (χ0) is 19.4. The van der Waals surface area contributed by atoms with Crippen LogP contribution in [-0.4, -0.2) is 24.5 Å². The first-order valence-corrected chi connectivity index (χ1v) is 8.94. The van der Waals surface area contributed by atoms with Crippen LogP contribution >= 0.6 is 12.4 Å². The maximum Gasteiger partial charge on any atom is 0.319 e. The van der Waals surface area contributed by atoms with Gasteiger partial charge in [0, 0.05) is 12.6 Å². The Morgan fingerprint density at radius 3 is 2.57 bits per heavy atom. The van der Waals surface area contributed by atoms with Gasteiger partial charge in [0.2, 0.25) is 0 Å². The van der Waals surface area contributed by atoms with E-state index in [-0.39, 0.29) is 29.7 Å². The first kappa shape index (κ1) is 21.7. The molecule has 1 heterocycles. The fraction of sp³-hybridized carbons (Fsp3) is 0.300. The molecule has 0 fully saturated rings. The van der Waals surface area contributed by atoms with E-state index in [1.165, 1.54) is 0 Å². The molecule has 1 aliphatic rings. The maximum absolute atomic E-state index is 14.8. The summed E-state index contributed by atoms with van der Waals surface area (Å²) in [5, 5.41) is 11.2. The van der Waals surface area contributed by atoms with Gasteiger partial charge in [-0.15, -0.1) is 12.4 Å². The van der Waals surface area contributed by atoms with Crippen molar-refractivity contribution in [3.63, 3.8) is 0 Å². The van der Waals surface area contributed by atoms with Crippen LogP contribution in [0, 0.1) is 5.82 Å². The van der Waals surface area contributed by atoms with E-state index in [9.17, 15) is 14.0 Å². The summed E-state index contributed by atoms with van der Waals surface area (Å²) in [5.74, 6) is -0.881. The summed E-state index contributed by atoms with van der Waals surface area (Å²) in [6.07, 6.45) is 0.582. The van der Waals surface area contributed by atoms with Crippen molar-refractivity contribution in [2.24, 2.45) is 0 Å². The van der Waals surface area contributed by atoms with Crippen LogP contribution < -0.4 is 21.3 Å². The summed E-state index contributed by atoms with van der Waals surface area (Å²) >= 11 is 0. The first-order chi connectivity index (χ1) is 13.0. The summed E-state index contributed by atoms with van der Waals surface area (Å²) in [5.41, 5.74) is 2.30. The van der Waals surface area contributed by atoms with Gasteiger partial charge in [-0.1, -0.05) is 18.2 Å². The van der Waals surface area contributed by atoms with Crippen molar-refractivity contribution in [1.82, 2.24) is 10.6 Å². The van der Waals surface area contributed by atoms with E-state index in [4.69, 9.17) is 0 Å². The molecule has 0 saturated carbocycles. The molecular formula is C20H24ClFN4O2. The summed E-state index contributed by atoms with van der Waals surface area (Å²) in [4.78, 5) is 24.6. The lowest BCUT2D eigenvalue weighted by Crippen LogP contribution is -2.34. The topological polar surface area (TPSA) is 82.3 Å². The molecule has 0 bridgehead atoms. The number of amides is 3. The Morgan fingerprint density at radius 2 is 1.82 bits per heavy atom. The average molecular weight is 407 g/mol. The van der Waals surface area contributed by atoms with E-state index in [1.54, 1.807) is 30.3 Å². The Bertz CT molecular complexity index is 873. The minimum atomic E-state index is -0.483. The molecule has 0 spiro atoms. The van der Waals surface area contributed by atoms with Gasteiger partial charge in [0.15, 0.2) is 0 Å². The molecule has 150 valence electrons. The van der Waals surface area contributed by atoms with E-state index in [1.807, 2.05) is 19.9 Å². The van der Waals surface area contributed by atoms with E-state index in [2.05, 4.69) is 21.3 Å². The number of rotatable bonds is 4. The number of para-hydroxylation sites is 1. The highest BCUT2D eigenvalue weighted by atomic mass is 35.5. The van der Waals surface area contributed by atoms with Gasteiger partial charge < -0.3 is 21.3 Å². The number of carbonyl (C=O) groups is 2. The van der Waals surface area contributed by atoms with E-state index in [0.717, 1.165) is 5.56 Å². The molecule has 1 aliphatic heterocycles. The molecule has 0 atom stereocenters. The predicted molar refractivity (Wildman–Crippen MR) is 111 cm³/mol. The quantitative estimate of drug-likeness (QED) is 0.625. The van der Waals surface area contributed by atoms with Gasteiger partial charge >= 0.3 is 6.03 Å². The van der Waals surface area contributed by atoms with Crippen molar-refractivity contribution in [1.29, 1.82) is 0 Å². The summed E-state index contributed by atoms with van der Waals surface area (Å²) < 4.78 is 14.8. The largest absolute Gasteiger partial charge is 0.336 e. The second-order valence-corrected chi connectivity index (χ2v) is 6.74. The third-order valence-electron chi connectivity index (χ3n) is 4.30. The third-order valence-corrected chi connectivity index (χ3v) is 4.30. The van der Waals surface area contributed by atoms with Crippen LogP contribution in [-0.2, 0) is 13.0 Å². The van der Waals surface area contributed by atoms with Crippen molar-refractivity contribution >= 4 is 35.7 Å². The Kier molecular flexibility index (Phi) is 7.37. The van der Waals surface area contributed by atoms with Gasteiger partial charge in [-0.3, -0.25) is 4.79 Å². The van der Waals surface area contributed by atoms with Crippen LogP contribution in [0.5, 0.6) is 0 Å². The molecule has 6 nitrogen and oxygen atoms in total. The van der Waals surface area contributed by atoms with E-state index < -0.39 is 17.8 Å². The molecule has 28 heavy (non-hydrogen) atoms. The van der Waals surface area contributed by atoms with Crippen LogP contribution in [0.4, 0.5) is 20.6 Å². The number of halogens is 2. The van der Waals surface area contributed by atoms with Crippen LogP contribution in [0.1, 0.15) is 35.3 Å². The summed E-state index contributed by atoms with van der Waals surface area (Å²) in [7, 11) is 0. The highest BCUT2D eigenvalue weighted by Crippen LogP contribution is 2.25. The molecule has 2 aromatic rings. The first-order valence-electron chi connectivity index (χ1n) is 8.94. The molecule has 0 saturated heterocycles. The Hall–Kier alpha value is -2.64. The molecule has 0 aromatic heterocycles.